The zero-order valence-corrected chi connectivity index (χ0v) is 21.5. The lowest BCUT2D eigenvalue weighted by atomic mass is 9.74. The van der Waals surface area contributed by atoms with E-state index in [1.165, 1.54) is 17.6 Å². The topological polar surface area (TPSA) is 106 Å². The van der Waals surface area contributed by atoms with Crippen LogP contribution in [-0.2, 0) is 22.0 Å². The first-order valence-corrected chi connectivity index (χ1v) is 12.7. The summed E-state index contributed by atoms with van der Waals surface area (Å²) in [6, 6.07) is 8.45. The number of alkyl carbamates (subject to hydrolysis) is 1. The number of aromatic nitrogens is 2. The Balaban J connectivity index is 1.26. The van der Waals surface area contributed by atoms with Gasteiger partial charge in [0.25, 0.3) is 0 Å². The summed E-state index contributed by atoms with van der Waals surface area (Å²) in [6.07, 6.45) is 3.84. The molecule has 3 heterocycles. The number of para-hydroxylation sites is 1. The van der Waals surface area contributed by atoms with Crippen LogP contribution >= 0.6 is 0 Å². The van der Waals surface area contributed by atoms with Crippen LogP contribution in [0.2, 0.25) is 0 Å². The minimum absolute atomic E-state index is 0.0649. The van der Waals surface area contributed by atoms with E-state index < -0.39 is 17.1 Å². The van der Waals surface area contributed by atoms with Crippen molar-refractivity contribution in [3.8, 4) is 5.88 Å². The van der Waals surface area contributed by atoms with Gasteiger partial charge >= 0.3 is 12.2 Å². The van der Waals surface area contributed by atoms with Gasteiger partial charge in [-0.2, -0.15) is 0 Å². The fourth-order valence-corrected chi connectivity index (χ4v) is 5.72. The lowest BCUT2D eigenvalue weighted by Gasteiger charge is -2.38. The summed E-state index contributed by atoms with van der Waals surface area (Å²) in [7, 11) is 0. The Morgan fingerprint density at radius 2 is 1.89 bits per heavy atom. The van der Waals surface area contributed by atoms with E-state index in [1.54, 1.807) is 4.90 Å². The van der Waals surface area contributed by atoms with Gasteiger partial charge in [-0.3, -0.25) is 0 Å². The first-order chi connectivity index (χ1) is 17.1. The number of nitrogens with zero attached hydrogens (tertiary/aromatic N) is 3. The van der Waals surface area contributed by atoms with Gasteiger partial charge in [0.15, 0.2) is 0 Å². The molecule has 0 radical (unpaired) electrons. The molecule has 1 aliphatic carbocycles. The van der Waals surface area contributed by atoms with E-state index in [2.05, 4.69) is 38.8 Å². The van der Waals surface area contributed by atoms with Crippen LogP contribution in [0.5, 0.6) is 5.88 Å². The van der Waals surface area contributed by atoms with E-state index >= 15 is 0 Å². The number of benzene rings is 1. The highest BCUT2D eigenvalue weighted by atomic mass is 16.6. The second-order valence-electron chi connectivity index (χ2n) is 11.5. The largest absolute Gasteiger partial charge is 0.444 e. The highest BCUT2D eigenvalue weighted by Crippen LogP contribution is 2.45. The molecule has 1 fully saturated rings. The summed E-state index contributed by atoms with van der Waals surface area (Å²) < 4.78 is 11.3. The van der Waals surface area contributed by atoms with Gasteiger partial charge in [0.05, 0.1) is 5.69 Å². The molecule has 1 unspecified atom stereocenters. The number of aryl methyl sites for hydroxylation is 1. The molecule has 2 aromatic rings. The number of hydrogen-bond donors (Lipinski definition) is 2. The van der Waals surface area contributed by atoms with E-state index in [4.69, 9.17) is 9.47 Å². The minimum atomic E-state index is -0.577. The van der Waals surface area contributed by atoms with Crippen LogP contribution in [0.4, 0.5) is 15.3 Å². The summed E-state index contributed by atoms with van der Waals surface area (Å²) in [6.45, 7) is 10.0. The summed E-state index contributed by atoms with van der Waals surface area (Å²) in [5.41, 5.74) is 3.21. The molecule has 5 rings (SSSR count). The van der Waals surface area contributed by atoms with E-state index in [0.29, 0.717) is 19.6 Å². The van der Waals surface area contributed by atoms with Crippen molar-refractivity contribution in [1.82, 2.24) is 20.2 Å². The third-order valence-electron chi connectivity index (χ3n) is 7.71. The molecule has 9 nitrogen and oxygen atoms in total. The van der Waals surface area contributed by atoms with Crippen molar-refractivity contribution in [2.45, 2.75) is 69.8 Å². The maximum atomic E-state index is 13.2. The maximum absolute atomic E-state index is 13.2. The van der Waals surface area contributed by atoms with E-state index in [9.17, 15) is 9.59 Å². The number of amides is 2. The van der Waals surface area contributed by atoms with Gasteiger partial charge in [0, 0.05) is 48.3 Å². The van der Waals surface area contributed by atoms with Crippen molar-refractivity contribution in [1.29, 1.82) is 0 Å². The van der Waals surface area contributed by atoms with Crippen LogP contribution in [0.15, 0.2) is 30.6 Å². The summed E-state index contributed by atoms with van der Waals surface area (Å²) in [5, 5.41) is 6.39. The third-order valence-corrected chi connectivity index (χ3v) is 7.71. The molecule has 3 aliphatic rings. The molecule has 0 saturated carbocycles. The van der Waals surface area contributed by atoms with Gasteiger partial charge < -0.3 is 25.0 Å². The molecular formula is C27H35N5O4. The Labute approximate surface area is 212 Å². The Kier molecular flexibility index (Phi) is 6.04. The fourth-order valence-electron chi connectivity index (χ4n) is 5.72. The summed E-state index contributed by atoms with van der Waals surface area (Å²) >= 11 is 0. The van der Waals surface area contributed by atoms with Crippen LogP contribution in [0, 0.1) is 0 Å². The molecular weight excluding hydrogens is 458 g/mol. The molecule has 1 saturated heterocycles. The molecule has 1 atom stereocenters. The Morgan fingerprint density at radius 1 is 1.14 bits per heavy atom. The molecule has 36 heavy (non-hydrogen) atoms. The van der Waals surface area contributed by atoms with E-state index in [1.807, 2.05) is 33.8 Å². The number of fused-ring (bicyclic) bond motifs is 3. The Morgan fingerprint density at radius 3 is 2.64 bits per heavy atom. The number of rotatable bonds is 3. The fraction of sp³-hybridized carbons (Fsp3) is 0.556. The summed E-state index contributed by atoms with van der Waals surface area (Å²) in [5.74, 6) is 0.282. The van der Waals surface area contributed by atoms with Crippen LogP contribution in [0.1, 0.15) is 63.8 Å². The maximum Gasteiger partial charge on any atom is 0.416 e. The molecule has 192 valence electrons. The van der Waals surface area contributed by atoms with Crippen LogP contribution in [-0.4, -0.2) is 58.8 Å². The number of anilines is 1. The normalized spacial score (nSPS) is 21.9. The molecule has 2 amide bonds. The average molecular weight is 494 g/mol. The number of ether oxygens (including phenoxy) is 2. The third kappa shape index (κ3) is 4.58. The number of hydrogen-bond acceptors (Lipinski definition) is 7. The Hall–Kier alpha value is -3.36. The minimum Gasteiger partial charge on any atom is -0.444 e. The first-order valence-electron chi connectivity index (χ1n) is 12.7. The van der Waals surface area contributed by atoms with Gasteiger partial charge in [-0.1, -0.05) is 25.1 Å². The van der Waals surface area contributed by atoms with Gasteiger partial charge in [-0.05, 0) is 58.1 Å². The van der Waals surface area contributed by atoms with E-state index in [-0.39, 0.29) is 17.4 Å². The molecule has 9 heteroatoms. The molecule has 2 aliphatic heterocycles. The SMILES string of the molecule is CC(C)(C)OC(=O)NCC1(C)CCc2ncnc(OC(=O)N3CCC4(CC3)CNc3ccccc34)c21. The number of carbonyl (C=O) groups excluding carboxylic acids is 2. The number of piperidine rings is 1. The van der Waals surface area contributed by atoms with Crippen molar-refractivity contribution in [2.24, 2.45) is 0 Å². The van der Waals surface area contributed by atoms with E-state index in [0.717, 1.165) is 43.5 Å². The second kappa shape index (κ2) is 8.94. The lowest BCUT2D eigenvalue weighted by molar-refractivity contribution is 0.0515. The smallest absolute Gasteiger partial charge is 0.416 e. The predicted molar refractivity (Wildman–Crippen MR) is 135 cm³/mol. The molecule has 1 aromatic carbocycles. The number of likely N-dealkylation sites (tertiary alicyclic amines) is 1. The standard InChI is InChI=1S/C27H35N5O4/c1-25(2,3)36-23(33)29-15-26(4)10-9-20-21(26)22(31-17-30-20)35-24(34)32-13-11-27(12-14-32)16-28-19-8-6-5-7-18(19)27/h5-8,17,28H,9-16H2,1-4H3,(H,29,33). The molecule has 0 bridgehead atoms. The number of nitrogens with one attached hydrogen (secondary N) is 2. The highest BCUT2D eigenvalue weighted by Gasteiger charge is 2.43. The lowest BCUT2D eigenvalue weighted by Crippen LogP contribution is -2.47. The Bertz CT molecular complexity index is 1170. The van der Waals surface area contributed by atoms with Crippen molar-refractivity contribution in [3.63, 3.8) is 0 Å². The van der Waals surface area contributed by atoms with Crippen molar-refractivity contribution < 1.29 is 19.1 Å². The second-order valence-corrected chi connectivity index (χ2v) is 11.5. The zero-order valence-electron chi connectivity index (χ0n) is 21.5. The van der Waals surface area contributed by atoms with Crippen molar-refractivity contribution >= 4 is 17.9 Å². The van der Waals surface area contributed by atoms with Crippen LogP contribution < -0.4 is 15.4 Å². The number of carbonyl (C=O) groups is 2. The van der Waals surface area contributed by atoms with Crippen LogP contribution in [0.3, 0.4) is 0 Å². The predicted octanol–water partition coefficient (Wildman–Crippen LogP) is 4.16. The van der Waals surface area contributed by atoms with Crippen molar-refractivity contribution in [2.75, 3.05) is 31.5 Å². The molecule has 2 N–H and O–H groups in total. The molecule has 1 aromatic heterocycles. The monoisotopic (exact) mass is 493 g/mol. The van der Waals surface area contributed by atoms with Crippen molar-refractivity contribution in [3.05, 3.63) is 47.4 Å². The first kappa shape index (κ1) is 24.3. The highest BCUT2D eigenvalue weighted by molar-refractivity contribution is 5.72. The summed E-state index contributed by atoms with van der Waals surface area (Å²) in [4.78, 5) is 36.0. The van der Waals surface area contributed by atoms with Gasteiger partial charge in [-0.15, -0.1) is 0 Å². The van der Waals surface area contributed by atoms with Gasteiger partial charge in [0.1, 0.15) is 11.9 Å². The van der Waals surface area contributed by atoms with Crippen LogP contribution in [0.25, 0.3) is 0 Å². The quantitative estimate of drug-likeness (QED) is 0.661. The van der Waals surface area contributed by atoms with Gasteiger partial charge in [0.2, 0.25) is 5.88 Å². The van der Waals surface area contributed by atoms with Gasteiger partial charge in [-0.25, -0.2) is 19.6 Å². The average Bonchev–Trinajstić information content (AvgIpc) is 3.37. The zero-order chi connectivity index (χ0) is 25.6. The molecule has 1 spiro atoms.